The van der Waals surface area contributed by atoms with Crippen LogP contribution in [0.5, 0.6) is 0 Å². The predicted molar refractivity (Wildman–Crippen MR) is 109 cm³/mol. The van der Waals surface area contributed by atoms with Gasteiger partial charge in [-0.1, -0.05) is 30.3 Å². The molecule has 148 valence electrons. The summed E-state index contributed by atoms with van der Waals surface area (Å²) >= 11 is 0. The average Bonchev–Trinajstić information content (AvgIpc) is 3.42. The zero-order valence-electron chi connectivity index (χ0n) is 16.5. The van der Waals surface area contributed by atoms with Gasteiger partial charge in [0.25, 0.3) is 5.91 Å². The lowest BCUT2D eigenvalue weighted by Crippen LogP contribution is -3.13. The van der Waals surface area contributed by atoms with Crippen molar-refractivity contribution in [2.45, 2.75) is 32.1 Å². The number of quaternary nitrogens is 1. The molecule has 0 unspecified atom stereocenters. The number of nitrogens with one attached hydrogen (secondary N) is 2. The molecule has 0 radical (unpaired) electrons. The maximum Gasteiger partial charge on any atom is 0.270 e. The summed E-state index contributed by atoms with van der Waals surface area (Å²) in [6, 6.07) is 12.4. The minimum absolute atomic E-state index is 0.0191. The van der Waals surface area contributed by atoms with Crippen LogP contribution in [-0.4, -0.2) is 54.3 Å². The Labute approximate surface area is 166 Å². The number of carbonyl (C=O) groups is 2. The van der Waals surface area contributed by atoms with Crippen LogP contribution in [0.4, 0.5) is 0 Å². The van der Waals surface area contributed by atoms with Crippen molar-refractivity contribution in [2.24, 2.45) is 5.92 Å². The molecule has 1 aromatic carbocycles. The third-order valence-corrected chi connectivity index (χ3v) is 6.22. The van der Waals surface area contributed by atoms with Crippen molar-refractivity contribution in [3.05, 3.63) is 59.4 Å². The first-order valence-corrected chi connectivity index (χ1v) is 10.6. The number of Topliss-reactive ketones (excluding diaryl/α,β-unsaturated/α-hetero) is 1. The topological polar surface area (TPSA) is 57.6 Å². The molecule has 5 nitrogen and oxygen atoms in total. The summed E-state index contributed by atoms with van der Waals surface area (Å²) in [6.45, 7) is 4.26. The van der Waals surface area contributed by atoms with Crippen LogP contribution in [0, 0.1) is 5.92 Å². The first-order valence-electron chi connectivity index (χ1n) is 10.6. The molecule has 0 saturated carbocycles. The number of amides is 1. The van der Waals surface area contributed by atoms with Crippen LogP contribution < -0.4 is 4.90 Å². The van der Waals surface area contributed by atoms with Crippen molar-refractivity contribution in [3.63, 3.8) is 0 Å². The molecule has 0 aliphatic carbocycles. The Morgan fingerprint density at radius 2 is 1.79 bits per heavy atom. The maximum atomic E-state index is 12.7. The van der Waals surface area contributed by atoms with Gasteiger partial charge >= 0.3 is 0 Å². The van der Waals surface area contributed by atoms with Gasteiger partial charge in [0.2, 0.25) is 5.78 Å². The van der Waals surface area contributed by atoms with Gasteiger partial charge in [-0.15, -0.1) is 0 Å². The normalized spacial score (nSPS) is 22.4. The zero-order chi connectivity index (χ0) is 19.3. The monoisotopic (exact) mass is 380 g/mol. The number of piperidine rings is 1. The SMILES string of the molecule is O=C(C[NH+]1CCC(Cc2ccccc2)CC1)c1c[nH]c(C(=O)N2CCCC2)c1. The van der Waals surface area contributed by atoms with Gasteiger partial charge in [-0.2, -0.15) is 0 Å². The summed E-state index contributed by atoms with van der Waals surface area (Å²) in [5.41, 5.74) is 2.60. The zero-order valence-corrected chi connectivity index (χ0v) is 16.5. The number of likely N-dealkylation sites (tertiary alicyclic amines) is 2. The fraction of sp³-hybridized carbons (Fsp3) is 0.478. The highest BCUT2D eigenvalue weighted by atomic mass is 16.2. The van der Waals surface area contributed by atoms with Crippen LogP contribution in [-0.2, 0) is 6.42 Å². The number of hydrogen-bond donors (Lipinski definition) is 2. The third kappa shape index (κ3) is 4.53. The van der Waals surface area contributed by atoms with Gasteiger partial charge in [0, 0.05) is 24.8 Å². The van der Waals surface area contributed by atoms with E-state index >= 15 is 0 Å². The van der Waals surface area contributed by atoms with Gasteiger partial charge in [-0.3, -0.25) is 9.59 Å². The second kappa shape index (κ2) is 8.74. The lowest BCUT2D eigenvalue weighted by molar-refractivity contribution is -0.897. The number of aromatic amines is 1. The van der Waals surface area contributed by atoms with Crippen molar-refractivity contribution in [1.82, 2.24) is 9.88 Å². The molecule has 5 heteroatoms. The van der Waals surface area contributed by atoms with Crippen LogP contribution in [0.1, 0.15) is 52.1 Å². The second-order valence-electron chi connectivity index (χ2n) is 8.28. The number of H-pyrrole nitrogens is 1. The summed E-state index contributed by atoms with van der Waals surface area (Å²) in [5.74, 6) is 0.872. The summed E-state index contributed by atoms with van der Waals surface area (Å²) < 4.78 is 0. The van der Waals surface area contributed by atoms with Gasteiger partial charge in [0.05, 0.1) is 13.1 Å². The van der Waals surface area contributed by atoms with E-state index in [1.54, 1.807) is 12.3 Å². The first-order chi connectivity index (χ1) is 13.7. The van der Waals surface area contributed by atoms with Crippen LogP contribution in [0.2, 0.25) is 0 Å². The molecule has 3 heterocycles. The Morgan fingerprint density at radius 3 is 2.50 bits per heavy atom. The van der Waals surface area contributed by atoms with Gasteiger partial charge in [0.15, 0.2) is 0 Å². The second-order valence-corrected chi connectivity index (χ2v) is 8.28. The van der Waals surface area contributed by atoms with Crippen molar-refractivity contribution >= 4 is 11.7 Å². The minimum atomic E-state index is 0.0191. The number of benzene rings is 1. The van der Waals surface area contributed by atoms with Crippen molar-refractivity contribution < 1.29 is 14.5 Å². The molecule has 0 bridgehead atoms. The van der Waals surface area contributed by atoms with E-state index in [1.165, 1.54) is 23.3 Å². The Bertz CT molecular complexity index is 800. The van der Waals surface area contributed by atoms with Crippen LogP contribution >= 0.6 is 0 Å². The van der Waals surface area contributed by atoms with E-state index in [0.717, 1.165) is 51.4 Å². The van der Waals surface area contributed by atoms with E-state index < -0.39 is 0 Å². The van der Waals surface area contributed by atoms with E-state index in [0.29, 0.717) is 17.8 Å². The van der Waals surface area contributed by atoms with Gasteiger partial charge in [-0.25, -0.2) is 0 Å². The van der Waals surface area contributed by atoms with E-state index in [9.17, 15) is 9.59 Å². The first kappa shape index (κ1) is 18.9. The van der Waals surface area contributed by atoms with E-state index in [2.05, 4.69) is 35.3 Å². The summed E-state index contributed by atoms with van der Waals surface area (Å²) in [7, 11) is 0. The lowest BCUT2D eigenvalue weighted by atomic mass is 9.90. The molecule has 0 atom stereocenters. The highest BCUT2D eigenvalue weighted by molar-refractivity contribution is 6.00. The molecule has 28 heavy (non-hydrogen) atoms. The maximum absolute atomic E-state index is 12.7. The Balaban J connectivity index is 1.26. The predicted octanol–water partition coefficient (Wildman–Crippen LogP) is 1.97. The molecule has 2 aliphatic heterocycles. The quantitative estimate of drug-likeness (QED) is 0.753. The average molecular weight is 381 g/mol. The number of aromatic nitrogens is 1. The standard InChI is InChI=1S/C23H29N3O2/c27-22(20-15-21(24-16-20)23(28)26-10-4-5-11-26)17-25-12-8-19(9-13-25)14-18-6-2-1-3-7-18/h1-3,6-7,15-16,19,24H,4-5,8-14,17H2/p+1. The molecule has 0 spiro atoms. The molecule has 2 N–H and O–H groups in total. The third-order valence-electron chi connectivity index (χ3n) is 6.22. The molecular formula is C23H30N3O2+. The number of nitrogens with zero attached hydrogens (tertiary/aromatic N) is 1. The van der Waals surface area contributed by atoms with Gasteiger partial charge in [0.1, 0.15) is 12.2 Å². The van der Waals surface area contributed by atoms with Gasteiger partial charge < -0.3 is 14.8 Å². The Hall–Kier alpha value is -2.40. The van der Waals surface area contributed by atoms with Crippen LogP contribution in [0.3, 0.4) is 0 Å². The molecule has 1 aromatic heterocycles. The largest absolute Gasteiger partial charge is 0.356 e. The Kier molecular flexibility index (Phi) is 5.91. The van der Waals surface area contributed by atoms with Crippen molar-refractivity contribution in [2.75, 3.05) is 32.7 Å². The fourth-order valence-corrected chi connectivity index (χ4v) is 4.51. The molecular weight excluding hydrogens is 350 g/mol. The number of hydrogen-bond acceptors (Lipinski definition) is 2. The molecule has 4 rings (SSSR count). The highest BCUT2D eigenvalue weighted by Crippen LogP contribution is 2.17. The van der Waals surface area contributed by atoms with E-state index in [1.807, 2.05) is 4.90 Å². The van der Waals surface area contributed by atoms with Crippen molar-refractivity contribution in [1.29, 1.82) is 0 Å². The molecule has 2 fully saturated rings. The number of rotatable bonds is 6. The molecule has 1 amide bonds. The smallest absolute Gasteiger partial charge is 0.270 e. The minimum Gasteiger partial charge on any atom is -0.356 e. The number of ketones is 1. The highest BCUT2D eigenvalue weighted by Gasteiger charge is 2.26. The molecule has 2 aliphatic rings. The van der Waals surface area contributed by atoms with Crippen LogP contribution in [0.25, 0.3) is 0 Å². The van der Waals surface area contributed by atoms with Crippen LogP contribution in [0.15, 0.2) is 42.6 Å². The lowest BCUT2D eigenvalue weighted by Gasteiger charge is -2.28. The summed E-state index contributed by atoms with van der Waals surface area (Å²) in [4.78, 5) is 31.4. The molecule has 2 aromatic rings. The Morgan fingerprint density at radius 1 is 1.07 bits per heavy atom. The van der Waals surface area contributed by atoms with Gasteiger partial charge in [-0.05, 0) is 49.7 Å². The number of carbonyl (C=O) groups excluding carboxylic acids is 2. The fourth-order valence-electron chi connectivity index (χ4n) is 4.51. The summed E-state index contributed by atoms with van der Waals surface area (Å²) in [5, 5.41) is 0. The molecule has 2 saturated heterocycles. The van der Waals surface area contributed by atoms with Crippen molar-refractivity contribution in [3.8, 4) is 0 Å². The summed E-state index contributed by atoms with van der Waals surface area (Å²) in [6.07, 6.45) is 7.32. The van der Waals surface area contributed by atoms with E-state index in [4.69, 9.17) is 0 Å². The van der Waals surface area contributed by atoms with E-state index in [-0.39, 0.29) is 11.7 Å².